The quantitative estimate of drug-likeness (QED) is 0.826. The summed E-state index contributed by atoms with van der Waals surface area (Å²) in [6, 6.07) is 0. The molecule has 2 nitrogen and oxygen atoms in total. The minimum atomic E-state index is 0.479. The van der Waals surface area contributed by atoms with Crippen molar-refractivity contribution in [2.24, 2.45) is 11.8 Å². The molecule has 0 radical (unpaired) electrons. The zero-order valence-corrected chi connectivity index (χ0v) is 13.5. The van der Waals surface area contributed by atoms with Gasteiger partial charge in [0, 0.05) is 18.6 Å². The molecule has 116 valence electrons. The second kappa shape index (κ2) is 6.79. The lowest BCUT2D eigenvalue weighted by Crippen LogP contribution is -2.53. The third kappa shape index (κ3) is 3.57. The van der Waals surface area contributed by atoms with Gasteiger partial charge < -0.3 is 10.2 Å². The number of hydrogen-bond donors (Lipinski definition) is 1. The van der Waals surface area contributed by atoms with Crippen LogP contribution in [0.25, 0.3) is 0 Å². The summed E-state index contributed by atoms with van der Waals surface area (Å²) in [6.45, 7) is 7.78. The second-order valence-electron chi connectivity index (χ2n) is 7.88. The van der Waals surface area contributed by atoms with Crippen molar-refractivity contribution >= 4 is 0 Å². The Morgan fingerprint density at radius 3 is 2.60 bits per heavy atom. The van der Waals surface area contributed by atoms with Gasteiger partial charge in [-0.3, -0.25) is 0 Å². The van der Waals surface area contributed by atoms with E-state index in [-0.39, 0.29) is 0 Å². The third-order valence-corrected chi connectivity index (χ3v) is 6.27. The molecule has 1 N–H and O–H groups in total. The molecule has 1 aliphatic heterocycles. The Kier molecular flexibility index (Phi) is 5.04. The van der Waals surface area contributed by atoms with Gasteiger partial charge in [0.15, 0.2) is 0 Å². The molecule has 0 aromatic carbocycles. The molecule has 0 amide bonds. The summed E-state index contributed by atoms with van der Waals surface area (Å²) in [7, 11) is 0. The molecule has 2 unspecified atom stereocenters. The topological polar surface area (TPSA) is 15.3 Å². The molecule has 2 saturated carbocycles. The fourth-order valence-corrected chi connectivity index (χ4v) is 4.93. The minimum Gasteiger partial charge on any atom is -0.310 e. The Hall–Kier alpha value is -0.0800. The monoisotopic (exact) mass is 278 g/mol. The van der Waals surface area contributed by atoms with E-state index in [1.54, 1.807) is 0 Å². The third-order valence-electron chi connectivity index (χ3n) is 6.27. The van der Waals surface area contributed by atoms with Crippen LogP contribution in [0.3, 0.4) is 0 Å². The molecule has 1 spiro atoms. The number of nitrogens with one attached hydrogen (secondary N) is 1. The predicted octanol–water partition coefficient (Wildman–Crippen LogP) is 3.81. The van der Waals surface area contributed by atoms with Crippen molar-refractivity contribution in [1.82, 2.24) is 10.2 Å². The fraction of sp³-hybridized carbons (Fsp3) is 1.00. The maximum atomic E-state index is 3.93. The van der Waals surface area contributed by atoms with Crippen molar-refractivity contribution < 1.29 is 0 Å². The average Bonchev–Trinajstić information content (AvgIpc) is 2.65. The van der Waals surface area contributed by atoms with Gasteiger partial charge in [0.05, 0.1) is 0 Å². The van der Waals surface area contributed by atoms with Gasteiger partial charge in [0.1, 0.15) is 0 Å². The highest BCUT2D eigenvalue weighted by atomic mass is 15.2. The van der Waals surface area contributed by atoms with Gasteiger partial charge in [-0.25, -0.2) is 0 Å². The smallest absolute Gasteiger partial charge is 0.0308 e. The van der Waals surface area contributed by atoms with Crippen LogP contribution in [-0.4, -0.2) is 36.6 Å². The van der Waals surface area contributed by atoms with E-state index in [1.165, 1.54) is 90.4 Å². The van der Waals surface area contributed by atoms with Gasteiger partial charge >= 0.3 is 0 Å². The molecule has 2 heteroatoms. The zero-order valence-electron chi connectivity index (χ0n) is 13.5. The van der Waals surface area contributed by atoms with Gasteiger partial charge in [-0.15, -0.1) is 0 Å². The van der Waals surface area contributed by atoms with Crippen LogP contribution in [0.5, 0.6) is 0 Å². The van der Waals surface area contributed by atoms with Crippen molar-refractivity contribution in [2.75, 3.05) is 26.2 Å². The van der Waals surface area contributed by atoms with Gasteiger partial charge in [-0.05, 0) is 50.6 Å². The summed E-state index contributed by atoms with van der Waals surface area (Å²) in [5.41, 5.74) is 0.479. The van der Waals surface area contributed by atoms with E-state index >= 15 is 0 Å². The van der Waals surface area contributed by atoms with Crippen LogP contribution in [0.1, 0.15) is 71.1 Å². The van der Waals surface area contributed by atoms with Gasteiger partial charge in [-0.2, -0.15) is 0 Å². The zero-order chi connectivity index (χ0) is 13.8. The number of nitrogens with zero attached hydrogens (tertiary/aromatic N) is 1. The molecular weight excluding hydrogens is 244 g/mol. The van der Waals surface area contributed by atoms with E-state index in [2.05, 4.69) is 17.1 Å². The highest BCUT2D eigenvalue weighted by molar-refractivity contribution is 4.95. The first-order valence-corrected chi connectivity index (χ1v) is 9.25. The van der Waals surface area contributed by atoms with E-state index in [0.29, 0.717) is 5.54 Å². The molecule has 3 rings (SSSR count). The Labute approximate surface area is 125 Å². The van der Waals surface area contributed by atoms with Crippen molar-refractivity contribution in [3.05, 3.63) is 0 Å². The summed E-state index contributed by atoms with van der Waals surface area (Å²) in [5.74, 6) is 1.93. The molecule has 3 aliphatic rings. The molecule has 3 fully saturated rings. The SMILES string of the molecule is CC1CCCCC1CN1CCCNC2(CCCCC2)C1. The molecular formula is C18H34N2. The van der Waals surface area contributed by atoms with Crippen LogP contribution in [0.15, 0.2) is 0 Å². The summed E-state index contributed by atoms with van der Waals surface area (Å²) in [4.78, 5) is 2.83. The van der Waals surface area contributed by atoms with Crippen LogP contribution < -0.4 is 5.32 Å². The maximum Gasteiger partial charge on any atom is 0.0308 e. The lowest BCUT2D eigenvalue weighted by molar-refractivity contribution is 0.120. The lowest BCUT2D eigenvalue weighted by Gasteiger charge is -2.41. The Morgan fingerprint density at radius 2 is 1.80 bits per heavy atom. The summed E-state index contributed by atoms with van der Waals surface area (Å²) >= 11 is 0. The van der Waals surface area contributed by atoms with Crippen molar-refractivity contribution in [2.45, 2.75) is 76.7 Å². The van der Waals surface area contributed by atoms with E-state index in [1.807, 2.05) is 0 Å². The van der Waals surface area contributed by atoms with Crippen LogP contribution in [0.4, 0.5) is 0 Å². The van der Waals surface area contributed by atoms with E-state index in [9.17, 15) is 0 Å². The highest BCUT2D eigenvalue weighted by Crippen LogP contribution is 2.33. The standard InChI is InChI=1S/C18H34N2/c1-16-8-3-4-9-17(16)14-20-13-7-12-19-18(15-20)10-5-2-6-11-18/h16-17,19H,2-15H2,1H3. The normalized spacial score (nSPS) is 35.9. The minimum absolute atomic E-state index is 0.479. The van der Waals surface area contributed by atoms with Crippen molar-refractivity contribution in [1.29, 1.82) is 0 Å². The maximum absolute atomic E-state index is 3.93. The van der Waals surface area contributed by atoms with Crippen molar-refractivity contribution in [3.63, 3.8) is 0 Å². The van der Waals surface area contributed by atoms with Crippen LogP contribution >= 0.6 is 0 Å². The van der Waals surface area contributed by atoms with Crippen LogP contribution in [-0.2, 0) is 0 Å². The van der Waals surface area contributed by atoms with E-state index < -0.39 is 0 Å². The Bertz CT molecular complexity index is 296. The molecule has 0 bridgehead atoms. The first-order chi connectivity index (χ1) is 9.77. The van der Waals surface area contributed by atoms with Gasteiger partial charge in [0.2, 0.25) is 0 Å². The van der Waals surface area contributed by atoms with Gasteiger partial charge in [0.25, 0.3) is 0 Å². The lowest BCUT2D eigenvalue weighted by atomic mass is 9.79. The number of hydrogen-bond acceptors (Lipinski definition) is 2. The van der Waals surface area contributed by atoms with E-state index in [0.717, 1.165) is 11.8 Å². The molecule has 1 saturated heterocycles. The molecule has 2 aliphatic carbocycles. The number of rotatable bonds is 2. The average molecular weight is 278 g/mol. The summed E-state index contributed by atoms with van der Waals surface area (Å²) in [5, 5.41) is 3.93. The van der Waals surface area contributed by atoms with Crippen LogP contribution in [0.2, 0.25) is 0 Å². The van der Waals surface area contributed by atoms with Gasteiger partial charge in [-0.1, -0.05) is 45.4 Å². The first kappa shape index (κ1) is 14.8. The fourth-order valence-electron chi connectivity index (χ4n) is 4.93. The molecule has 20 heavy (non-hydrogen) atoms. The predicted molar refractivity (Wildman–Crippen MR) is 86.0 cm³/mol. The molecule has 2 atom stereocenters. The van der Waals surface area contributed by atoms with Crippen molar-refractivity contribution in [3.8, 4) is 0 Å². The van der Waals surface area contributed by atoms with Crippen LogP contribution in [0, 0.1) is 11.8 Å². The highest BCUT2D eigenvalue weighted by Gasteiger charge is 2.35. The largest absolute Gasteiger partial charge is 0.310 e. The summed E-state index contributed by atoms with van der Waals surface area (Å²) in [6.07, 6.45) is 14.5. The molecule has 0 aromatic rings. The second-order valence-corrected chi connectivity index (χ2v) is 7.88. The van der Waals surface area contributed by atoms with E-state index in [4.69, 9.17) is 0 Å². The Balaban J connectivity index is 1.59. The Morgan fingerprint density at radius 1 is 1.00 bits per heavy atom. The first-order valence-electron chi connectivity index (χ1n) is 9.25. The molecule has 1 heterocycles. The summed E-state index contributed by atoms with van der Waals surface area (Å²) < 4.78 is 0. The molecule has 0 aromatic heterocycles.